The van der Waals surface area contributed by atoms with Crippen molar-refractivity contribution in [3.63, 3.8) is 0 Å². The van der Waals surface area contributed by atoms with Gasteiger partial charge in [0.15, 0.2) is 0 Å². The van der Waals surface area contributed by atoms with Crippen LogP contribution in [0.25, 0.3) is 0 Å². The van der Waals surface area contributed by atoms with Gasteiger partial charge >= 0.3 is 6.03 Å². The SMILES string of the molecule is CN(C(=O)Nc1cccnc1)c1ccc(O)cc1. The third-order valence-corrected chi connectivity index (χ3v) is 2.45. The first-order valence-electron chi connectivity index (χ1n) is 5.40. The average molecular weight is 243 g/mol. The molecule has 0 aliphatic carbocycles. The Hall–Kier alpha value is -2.56. The monoisotopic (exact) mass is 243 g/mol. The van der Waals surface area contributed by atoms with E-state index in [1.54, 1.807) is 43.7 Å². The fourth-order valence-corrected chi connectivity index (χ4v) is 1.44. The number of anilines is 2. The molecule has 2 amide bonds. The van der Waals surface area contributed by atoms with Crippen molar-refractivity contribution in [3.8, 4) is 5.75 Å². The van der Waals surface area contributed by atoms with Gasteiger partial charge in [-0.25, -0.2) is 4.79 Å². The van der Waals surface area contributed by atoms with Crippen molar-refractivity contribution < 1.29 is 9.90 Å². The van der Waals surface area contributed by atoms with Crippen LogP contribution in [-0.2, 0) is 0 Å². The van der Waals surface area contributed by atoms with Crippen molar-refractivity contribution in [1.29, 1.82) is 0 Å². The molecule has 5 nitrogen and oxygen atoms in total. The molecule has 0 spiro atoms. The minimum atomic E-state index is -0.270. The van der Waals surface area contributed by atoms with Crippen molar-refractivity contribution in [1.82, 2.24) is 4.98 Å². The second-order valence-electron chi connectivity index (χ2n) is 3.75. The molecule has 1 aromatic carbocycles. The van der Waals surface area contributed by atoms with Gasteiger partial charge in [0.05, 0.1) is 11.9 Å². The summed E-state index contributed by atoms with van der Waals surface area (Å²) in [6.45, 7) is 0. The zero-order valence-corrected chi connectivity index (χ0v) is 9.87. The molecule has 0 aliphatic rings. The van der Waals surface area contributed by atoms with Crippen molar-refractivity contribution in [2.75, 3.05) is 17.3 Å². The number of aromatic nitrogens is 1. The third-order valence-electron chi connectivity index (χ3n) is 2.45. The Labute approximate surface area is 105 Å². The lowest BCUT2D eigenvalue weighted by Gasteiger charge is -2.17. The molecule has 0 saturated carbocycles. The second kappa shape index (κ2) is 5.18. The van der Waals surface area contributed by atoms with Crippen LogP contribution in [-0.4, -0.2) is 23.2 Å². The molecule has 2 rings (SSSR count). The van der Waals surface area contributed by atoms with E-state index >= 15 is 0 Å². The highest BCUT2D eigenvalue weighted by Crippen LogP contribution is 2.18. The molecule has 18 heavy (non-hydrogen) atoms. The molecule has 1 heterocycles. The molecular formula is C13H13N3O2. The van der Waals surface area contributed by atoms with Crippen LogP contribution in [0.5, 0.6) is 5.75 Å². The van der Waals surface area contributed by atoms with Gasteiger partial charge in [0.25, 0.3) is 0 Å². The maximum absolute atomic E-state index is 11.9. The molecule has 0 unspecified atom stereocenters. The number of nitrogens with one attached hydrogen (secondary N) is 1. The third kappa shape index (κ3) is 2.76. The standard InChI is InChI=1S/C13H13N3O2/c1-16(11-4-6-12(17)7-5-11)13(18)15-10-3-2-8-14-9-10/h2-9,17H,1H3,(H,15,18). The Bertz CT molecular complexity index is 526. The second-order valence-corrected chi connectivity index (χ2v) is 3.75. The van der Waals surface area contributed by atoms with Crippen LogP contribution in [0.15, 0.2) is 48.8 Å². The predicted molar refractivity (Wildman–Crippen MR) is 69.8 cm³/mol. The van der Waals surface area contributed by atoms with Gasteiger partial charge in [0, 0.05) is 18.9 Å². The average Bonchev–Trinajstić information content (AvgIpc) is 2.40. The van der Waals surface area contributed by atoms with Crippen LogP contribution in [0.3, 0.4) is 0 Å². The number of carbonyl (C=O) groups excluding carboxylic acids is 1. The van der Waals surface area contributed by atoms with Crippen LogP contribution in [0.1, 0.15) is 0 Å². The summed E-state index contributed by atoms with van der Waals surface area (Å²) in [4.78, 5) is 17.3. The normalized spacial score (nSPS) is 9.83. The van der Waals surface area contributed by atoms with Gasteiger partial charge in [-0.3, -0.25) is 9.88 Å². The fourth-order valence-electron chi connectivity index (χ4n) is 1.44. The zero-order valence-electron chi connectivity index (χ0n) is 9.87. The van der Waals surface area contributed by atoms with Crippen LogP contribution < -0.4 is 10.2 Å². The molecule has 0 radical (unpaired) electrons. The van der Waals surface area contributed by atoms with E-state index in [4.69, 9.17) is 0 Å². The Morgan fingerprint density at radius 3 is 2.61 bits per heavy atom. The van der Waals surface area contributed by atoms with Gasteiger partial charge in [0.2, 0.25) is 0 Å². The maximum atomic E-state index is 11.9. The van der Waals surface area contributed by atoms with E-state index in [9.17, 15) is 9.90 Å². The molecular weight excluding hydrogens is 230 g/mol. The number of urea groups is 1. The highest BCUT2D eigenvalue weighted by molar-refractivity contribution is 6.01. The molecule has 5 heteroatoms. The highest BCUT2D eigenvalue weighted by Gasteiger charge is 2.10. The minimum Gasteiger partial charge on any atom is -0.508 e. The van der Waals surface area contributed by atoms with Gasteiger partial charge in [-0.1, -0.05) is 0 Å². The van der Waals surface area contributed by atoms with E-state index in [2.05, 4.69) is 10.3 Å². The van der Waals surface area contributed by atoms with Crippen molar-refractivity contribution in [3.05, 3.63) is 48.8 Å². The van der Waals surface area contributed by atoms with Gasteiger partial charge < -0.3 is 10.4 Å². The lowest BCUT2D eigenvalue weighted by molar-refractivity contribution is 0.258. The number of phenols is 1. The molecule has 0 aliphatic heterocycles. The quantitative estimate of drug-likeness (QED) is 0.851. The summed E-state index contributed by atoms with van der Waals surface area (Å²) in [5.74, 6) is 0.166. The zero-order chi connectivity index (χ0) is 13.0. The van der Waals surface area contributed by atoms with Crippen molar-refractivity contribution in [2.45, 2.75) is 0 Å². The number of benzene rings is 1. The van der Waals surface area contributed by atoms with Crippen molar-refractivity contribution in [2.24, 2.45) is 0 Å². The van der Waals surface area contributed by atoms with Gasteiger partial charge in [0.1, 0.15) is 5.75 Å². The molecule has 2 aromatic rings. The van der Waals surface area contributed by atoms with Crippen LogP contribution in [0.2, 0.25) is 0 Å². The molecule has 92 valence electrons. The molecule has 2 N–H and O–H groups in total. The number of rotatable bonds is 2. The first-order chi connectivity index (χ1) is 8.66. The van der Waals surface area contributed by atoms with Crippen molar-refractivity contribution >= 4 is 17.4 Å². The van der Waals surface area contributed by atoms with E-state index in [0.717, 1.165) is 0 Å². The number of pyridine rings is 1. The molecule has 1 aromatic heterocycles. The lowest BCUT2D eigenvalue weighted by Crippen LogP contribution is -2.31. The highest BCUT2D eigenvalue weighted by atomic mass is 16.3. The molecule has 0 fully saturated rings. The predicted octanol–water partition coefficient (Wildman–Crippen LogP) is 2.46. The minimum absolute atomic E-state index is 0.166. The van der Waals surface area contributed by atoms with E-state index in [0.29, 0.717) is 11.4 Å². The first kappa shape index (κ1) is 11.9. The number of amides is 2. The number of hydrogen-bond donors (Lipinski definition) is 2. The van der Waals surface area contributed by atoms with Crippen LogP contribution in [0.4, 0.5) is 16.2 Å². The topological polar surface area (TPSA) is 65.5 Å². The Morgan fingerprint density at radius 1 is 1.28 bits per heavy atom. The first-order valence-corrected chi connectivity index (χ1v) is 5.40. The Kier molecular flexibility index (Phi) is 3.43. The maximum Gasteiger partial charge on any atom is 0.326 e. The summed E-state index contributed by atoms with van der Waals surface area (Å²) in [5.41, 5.74) is 1.32. The summed E-state index contributed by atoms with van der Waals surface area (Å²) in [6, 6.07) is 9.63. The van der Waals surface area contributed by atoms with E-state index in [1.807, 2.05) is 0 Å². The smallest absolute Gasteiger partial charge is 0.326 e. The van der Waals surface area contributed by atoms with Gasteiger partial charge in [-0.15, -0.1) is 0 Å². The summed E-state index contributed by atoms with van der Waals surface area (Å²) in [7, 11) is 1.65. The number of hydrogen-bond acceptors (Lipinski definition) is 3. The van der Waals surface area contributed by atoms with E-state index < -0.39 is 0 Å². The Balaban J connectivity index is 2.07. The summed E-state index contributed by atoms with van der Waals surface area (Å²) >= 11 is 0. The molecule has 0 bridgehead atoms. The Morgan fingerprint density at radius 2 is 2.00 bits per heavy atom. The van der Waals surface area contributed by atoms with E-state index in [-0.39, 0.29) is 11.8 Å². The van der Waals surface area contributed by atoms with Gasteiger partial charge in [-0.2, -0.15) is 0 Å². The van der Waals surface area contributed by atoms with Crippen LogP contribution in [0, 0.1) is 0 Å². The number of carbonyl (C=O) groups is 1. The number of phenolic OH excluding ortho intramolecular Hbond substituents is 1. The fraction of sp³-hybridized carbons (Fsp3) is 0.0769. The van der Waals surface area contributed by atoms with Crippen LogP contribution >= 0.6 is 0 Å². The number of nitrogens with zero attached hydrogens (tertiary/aromatic N) is 2. The number of aromatic hydroxyl groups is 1. The summed E-state index contributed by atoms with van der Waals surface area (Å²) in [5, 5.41) is 11.9. The molecule has 0 saturated heterocycles. The van der Waals surface area contributed by atoms with Gasteiger partial charge in [-0.05, 0) is 36.4 Å². The summed E-state index contributed by atoms with van der Waals surface area (Å²) < 4.78 is 0. The summed E-state index contributed by atoms with van der Waals surface area (Å²) in [6.07, 6.45) is 3.21. The largest absolute Gasteiger partial charge is 0.508 e. The lowest BCUT2D eigenvalue weighted by atomic mass is 10.3. The molecule has 0 atom stereocenters. The van der Waals surface area contributed by atoms with E-state index in [1.165, 1.54) is 17.0 Å².